The monoisotopic (exact) mass is 526 g/mol. The lowest BCUT2D eigenvalue weighted by Gasteiger charge is -2.25. The summed E-state index contributed by atoms with van der Waals surface area (Å²) in [6.07, 6.45) is -0.0828. The Morgan fingerprint density at radius 3 is 2.57 bits per heavy atom. The number of amides is 1. The van der Waals surface area contributed by atoms with Crippen molar-refractivity contribution in [2.75, 3.05) is 13.2 Å². The van der Waals surface area contributed by atoms with E-state index in [4.69, 9.17) is 4.74 Å². The Morgan fingerprint density at radius 2 is 1.78 bits per heavy atom. The van der Waals surface area contributed by atoms with E-state index < -0.39 is 29.7 Å². The van der Waals surface area contributed by atoms with Crippen LogP contribution >= 0.6 is 11.7 Å². The molecule has 0 spiro atoms. The average Bonchev–Trinajstić information content (AvgIpc) is 3.36. The SMILES string of the molecule is CCc1cccc(CNC[C@H](O)[C@H](Cc2cc(F)cc(F)c2)NC(=O)COc2cccc3nsnc23)c1. The van der Waals surface area contributed by atoms with Gasteiger partial charge in [0.2, 0.25) is 0 Å². The van der Waals surface area contributed by atoms with Crippen molar-refractivity contribution in [1.29, 1.82) is 0 Å². The Bertz CT molecular complexity index is 1330. The van der Waals surface area contributed by atoms with Crippen LogP contribution in [0.2, 0.25) is 0 Å². The number of aliphatic hydroxyl groups is 1. The number of aliphatic hydroxyl groups excluding tert-OH is 1. The largest absolute Gasteiger partial charge is 0.481 e. The Labute approximate surface area is 217 Å². The van der Waals surface area contributed by atoms with Gasteiger partial charge in [0.15, 0.2) is 6.61 Å². The number of carbonyl (C=O) groups excluding carboxylic acids is 1. The topological polar surface area (TPSA) is 96.4 Å². The van der Waals surface area contributed by atoms with E-state index in [1.165, 1.54) is 17.7 Å². The predicted molar refractivity (Wildman–Crippen MR) is 138 cm³/mol. The van der Waals surface area contributed by atoms with Gasteiger partial charge in [0.05, 0.1) is 23.9 Å². The molecule has 37 heavy (non-hydrogen) atoms. The second-order valence-corrected chi connectivity index (χ2v) is 9.23. The summed E-state index contributed by atoms with van der Waals surface area (Å²) in [4.78, 5) is 12.7. The van der Waals surface area contributed by atoms with E-state index in [1.54, 1.807) is 18.2 Å². The van der Waals surface area contributed by atoms with Gasteiger partial charge in [-0.1, -0.05) is 37.3 Å². The van der Waals surface area contributed by atoms with E-state index in [0.717, 1.165) is 29.8 Å². The highest BCUT2D eigenvalue weighted by atomic mass is 32.1. The third-order valence-corrected chi connectivity index (χ3v) is 6.42. The summed E-state index contributed by atoms with van der Waals surface area (Å²) in [5.41, 5.74) is 3.82. The van der Waals surface area contributed by atoms with E-state index in [-0.39, 0.29) is 19.6 Å². The molecule has 1 aromatic heterocycles. The maximum Gasteiger partial charge on any atom is 0.258 e. The maximum atomic E-state index is 13.8. The molecule has 0 aliphatic rings. The number of hydrogen-bond acceptors (Lipinski definition) is 7. The van der Waals surface area contributed by atoms with Gasteiger partial charge in [-0.05, 0) is 53.8 Å². The van der Waals surface area contributed by atoms with Crippen LogP contribution in [0.1, 0.15) is 23.6 Å². The molecule has 10 heteroatoms. The third kappa shape index (κ3) is 7.51. The number of nitrogens with zero attached hydrogens (tertiary/aromatic N) is 2. The van der Waals surface area contributed by atoms with Crippen molar-refractivity contribution in [2.24, 2.45) is 0 Å². The minimum atomic E-state index is -1.03. The van der Waals surface area contributed by atoms with Crippen LogP contribution in [0.25, 0.3) is 11.0 Å². The molecule has 0 radical (unpaired) electrons. The van der Waals surface area contributed by atoms with E-state index in [9.17, 15) is 18.7 Å². The number of aromatic nitrogens is 2. The van der Waals surface area contributed by atoms with E-state index in [1.807, 2.05) is 12.1 Å². The van der Waals surface area contributed by atoms with Crippen LogP contribution in [0, 0.1) is 11.6 Å². The number of ether oxygens (including phenoxy) is 1. The zero-order valence-corrected chi connectivity index (χ0v) is 21.1. The molecule has 1 amide bonds. The van der Waals surface area contributed by atoms with Gasteiger partial charge >= 0.3 is 0 Å². The zero-order chi connectivity index (χ0) is 26.2. The number of benzene rings is 3. The van der Waals surface area contributed by atoms with Crippen LogP contribution in [0.15, 0.2) is 60.7 Å². The van der Waals surface area contributed by atoms with E-state index in [2.05, 4.69) is 38.4 Å². The molecule has 0 saturated heterocycles. The van der Waals surface area contributed by atoms with Crippen molar-refractivity contribution in [2.45, 2.75) is 38.5 Å². The minimum absolute atomic E-state index is 0.0280. The molecule has 4 aromatic rings. The Balaban J connectivity index is 1.40. The maximum absolute atomic E-state index is 13.8. The highest BCUT2D eigenvalue weighted by Gasteiger charge is 2.23. The fraction of sp³-hybridized carbons (Fsp3) is 0.296. The van der Waals surface area contributed by atoms with Gasteiger partial charge in [-0.3, -0.25) is 4.79 Å². The third-order valence-electron chi connectivity index (χ3n) is 5.88. The van der Waals surface area contributed by atoms with Crippen LogP contribution in [-0.4, -0.2) is 45.1 Å². The van der Waals surface area contributed by atoms with Crippen LogP contribution in [0.3, 0.4) is 0 Å². The van der Waals surface area contributed by atoms with Crippen LogP contribution < -0.4 is 15.4 Å². The number of hydrogen-bond donors (Lipinski definition) is 3. The molecule has 1 heterocycles. The molecule has 0 bridgehead atoms. The number of nitrogens with one attached hydrogen (secondary N) is 2. The van der Waals surface area contributed by atoms with Crippen LogP contribution in [0.4, 0.5) is 8.78 Å². The van der Waals surface area contributed by atoms with E-state index >= 15 is 0 Å². The highest BCUT2D eigenvalue weighted by molar-refractivity contribution is 7.00. The molecule has 7 nitrogen and oxygen atoms in total. The molecule has 0 aliphatic carbocycles. The van der Waals surface area contributed by atoms with Crippen molar-refractivity contribution < 1.29 is 23.4 Å². The number of carbonyl (C=O) groups is 1. The molecular weight excluding hydrogens is 498 g/mol. The van der Waals surface area contributed by atoms with Crippen LogP contribution in [-0.2, 0) is 24.2 Å². The second kappa shape index (κ2) is 12.7. The normalized spacial score (nSPS) is 12.9. The summed E-state index contributed by atoms with van der Waals surface area (Å²) in [6, 6.07) is 15.7. The Morgan fingerprint density at radius 1 is 1.03 bits per heavy atom. The number of rotatable bonds is 12. The molecule has 0 saturated carbocycles. The molecule has 0 aliphatic heterocycles. The van der Waals surface area contributed by atoms with Gasteiger partial charge in [0, 0.05) is 19.2 Å². The second-order valence-electron chi connectivity index (χ2n) is 8.70. The van der Waals surface area contributed by atoms with Gasteiger partial charge in [-0.25, -0.2) is 8.78 Å². The van der Waals surface area contributed by atoms with Crippen molar-refractivity contribution >= 4 is 28.7 Å². The fourth-order valence-electron chi connectivity index (χ4n) is 4.02. The number of halogens is 2. The zero-order valence-electron chi connectivity index (χ0n) is 20.3. The van der Waals surface area contributed by atoms with Gasteiger partial charge in [0.25, 0.3) is 5.91 Å². The van der Waals surface area contributed by atoms with Gasteiger partial charge < -0.3 is 20.5 Å². The van der Waals surface area contributed by atoms with Gasteiger partial charge in [-0.2, -0.15) is 8.75 Å². The van der Waals surface area contributed by atoms with Crippen molar-refractivity contribution in [3.8, 4) is 5.75 Å². The molecular formula is C27H28F2N4O3S. The summed E-state index contributed by atoms with van der Waals surface area (Å²) in [5, 5.41) is 16.9. The predicted octanol–water partition coefficient (Wildman–Crippen LogP) is 3.79. The molecule has 194 valence electrons. The first-order valence-corrected chi connectivity index (χ1v) is 12.7. The Kier molecular flexibility index (Phi) is 9.10. The van der Waals surface area contributed by atoms with Crippen molar-refractivity contribution in [1.82, 2.24) is 19.4 Å². The first kappa shape index (κ1) is 26.6. The van der Waals surface area contributed by atoms with Crippen molar-refractivity contribution in [3.05, 3.63) is 89.0 Å². The van der Waals surface area contributed by atoms with Crippen molar-refractivity contribution in [3.63, 3.8) is 0 Å². The molecule has 0 unspecified atom stereocenters. The molecule has 3 N–H and O–H groups in total. The summed E-state index contributed by atoms with van der Waals surface area (Å²) < 4.78 is 41.5. The summed E-state index contributed by atoms with van der Waals surface area (Å²) in [6.45, 7) is 2.43. The summed E-state index contributed by atoms with van der Waals surface area (Å²) >= 11 is 1.05. The lowest BCUT2D eigenvalue weighted by molar-refractivity contribution is -0.124. The molecule has 3 aromatic carbocycles. The van der Waals surface area contributed by atoms with E-state index in [0.29, 0.717) is 28.9 Å². The lowest BCUT2D eigenvalue weighted by atomic mass is 10.0. The average molecular weight is 527 g/mol. The lowest BCUT2D eigenvalue weighted by Crippen LogP contribution is -2.49. The first-order chi connectivity index (χ1) is 17.9. The van der Waals surface area contributed by atoms with Gasteiger partial charge in [0.1, 0.15) is 28.4 Å². The molecule has 0 fully saturated rings. The highest BCUT2D eigenvalue weighted by Crippen LogP contribution is 2.23. The number of fused-ring (bicyclic) bond motifs is 1. The van der Waals surface area contributed by atoms with Gasteiger partial charge in [-0.15, -0.1) is 0 Å². The Hall–Kier alpha value is -3.47. The fourth-order valence-corrected chi connectivity index (χ4v) is 4.56. The summed E-state index contributed by atoms with van der Waals surface area (Å²) in [7, 11) is 0. The molecule has 4 rings (SSSR count). The number of aryl methyl sites for hydroxylation is 1. The smallest absolute Gasteiger partial charge is 0.258 e. The quantitative estimate of drug-likeness (QED) is 0.260. The van der Waals surface area contributed by atoms with Crippen LogP contribution in [0.5, 0.6) is 5.75 Å². The minimum Gasteiger partial charge on any atom is -0.481 e. The summed E-state index contributed by atoms with van der Waals surface area (Å²) in [5.74, 6) is -1.52. The molecule has 2 atom stereocenters. The standard InChI is InChI=1S/C27H28F2N4O3S/c1-2-17-5-3-6-18(9-17)14-30-15-24(34)23(12-19-10-20(28)13-21(29)11-19)31-26(35)16-36-25-8-4-7-22-27(25)33-37-32-22/h3-11,13,23-24,30,34H,2,12,14-16H2,1H3,(H,31,35)/t23-,24-/m0/s1. The first-order valence-electron chi connectivity index (χ1n) is 12.0.